The zero-order chi connectivity index (χ0) is 13.5. The summed E-state index contributed by atoms with van der Waals surface area (Å²) in [7, 11) is 0. The highest BCUT2D eigenvalue weighted by Gasteiger charge is 2.16. The highest BCUT2D eigenvalue weighted by molar-refractivity contribution is 5.89. The van der Waals surface area contributed by atoms with E-state index in [9.17, 15) is 4.79 Å². The molecule has 0 spiro atoms. The molecule has 1 fully saturated rings. The molecule has 2 amide bonds. The SMILES string of the molecule is N#CCOc1cccc(NC(=O)NC2CCCC2)c1. The molecule has 1 aliphatic carbocycles. The van der Waals surface area contributed by atoms with Gasteiger partial charge in [0.15, 0.2) is 6.61 Å². The van der Waals surface area contributed by atoms with Crippen LogP contribution in [0.4, 0.5) is 10.5 Å². The first-order valence-corrected chi connectivity index (χ1v) is 6.45. The number of benzene rings is 1. The van der Waals surface area contributed by atoms with E-state index in [-0.39, 0.29) is 18.7 Å². The summed E-state index contributed by atoms with van der Waals surface area (Å²) in [5, 5.41) is 14.2. The molecule has 0 bridgehead atoms. The lowest BCUT2D eigenvalue weighted by molar-refractivity contribution is 0.248. The fourth-order valence-electron chi connectivity index (χ4n) is 2.20. The molecule has 1 saturated carbocycles. The van der Waals surface area contributed by atoms with Crippen LogP contribution in [-0.4, -0.2) is 18.7 Å². The summed E-state index contributed by atoms with van der Waals surface area (Å²) in [6.07, 6.45) is 4.47. The minimum Gasteiger partial charge on any atom is -0.479 e. The molecule has 1 aromatic rings. The molecular weight excluding hydrogens is 242 g/mol. The number of ether oxygens (including phenoxy) is 1. The van der Waals surface area contributed by atoms with Crippen molar-refractivity contribution in [3.05, 3.63) is 24.3 Å². The Morgan fingerprint density at radius 3 is 2.95 bits per heavy atom. The second-order valence-electron chi connectivity index (χ2n) is 4.55. The van der Waals surface area contributed by atoms with Crippen molar-refractivity contribution < 1.29 is 9.53 Å². The highest BCUT2D eigenvalue weighted by atomic mass is 16.5. The van der Waals surface area contributed by atoms with Gasteiger partial charge in [0.25, 0.3) is 0 Å². The van der Waals surface area contributed by atoms with Crippen molar-refractivity contribution in [3.63, 3.8) is 0 Å². The van der Waals surface area contributed by atoms with E-state index < -0.39 is 0 Å². The molecule has 0 atom stereocenters. The van der Waals surface area contributed by atoms with Gasteiger partial charge in [-0.2, -0.15) is 5.26 Å². The summed E-state index contributed by atoms with van der Waals surface area (Å²) < 4.78 is 5.18. The van der Waals surface area contributed by atoms with Crippen molar-refractivity contribution >= 4 is 11.7 Å². The van der Waals surface area contributed by atoms with Crippen molar-refractivity contribution in [1.82, 2.24) is 5.32 Å². The van der Waals surface area contributed by atoms with Crippen LogP contribution in [0.5, 0.6) is 5.75 Å². The van der Waals surface area contributed by atoms with E-state index in [0.717, 1.165) is 12.8 Å². The number of urea groups is 1. The highest BCUT2D eigenvalue weighted by Crippen LogP contribution is 2.19. The Morgan fingerprint density at radius 1 is 1.42 bits per heavy atom. The number of nitrogens with zero attached hydrogens (tertiary/aromatic N) is 1. The monoisotopic (exact) mass is 259 g/mol. The minimum absolute atomic E-state index is 0.00226. The van der Waals surface area contributed by atoms with Crippen LogP contribution in [0.15, 0.2) is 24.3 Å². The third-order valence-electron chi connectivity index (χ3n) is 3.09. The Kier molecular flexibility index (Phi) is 4.62. The molecule has 0 aromatic heterocycles. The fraction of sp³-hybridized carbons (Fsp3) is 0.429. The molecule has 0 unspecified atom stereocenters. The van der Waals surface area contributed by atoms with Crippen LogP contribution in [0.1, 0.15) is 25.7 Å². The van der Waals surface area contributed by atoms with Crippen LogP contribution in [-0.2, 0) is 0 Å². The lowest BCUT2D eigenvalue weighted by Crippen LogP contribution is -2.36. The van der Waals surface area contributed by atoms with Crippen LogP contribution in [0.25, 0.3) is 0 Å². The van der Waals surface area contributed by atoms with Gasteiger partial charge in [0.1, 0.15) is 11.8 Å². The number of amides is 2. The second-order valence-corrected chi connectivity index (χ2v) is 4.55. The number of carbonyl (C=O) groups is 1. The number of nitriles is 1. The van der Waals surface area contributed by atoms with Gasteiger partial charge < -0.3 is 15.4 Å². The summed E-state index contributed by atoms with van der Waals surface area (Å²) in [4.78, 5) is 11.8. The van der Waals surface area contributed by atoms with Gasteiger partial charge in [-0.3, -0.25) is 0 Å². The maximum Gasteiger partial charge on any atom is 0.319 e. The molecule has 1 aromatic carbocycles. The Bertz CT molecular complexity index is 476. The van der Waals surface area contributed by atoms with E-state index in [0.29, 0.717) is 11.4 Å². The summed E-state index contributed by atoms with van der Waals surface area (Å²) in [5.74, 6) is 0.570. The minimum atomic E-state index is -0.190. The van der Waals surface area contributed by atoms with Gasteiger partial charge in [0.05, 0.1) is 0 Å². The average Bonchev–Trinajstić information content (AvgIpc) is 2.89. The van der Waals surface area contributed by atoms with Crippen molar-refractivity contribution in [3.8, 4) is 11.8 Å². The van der Waals surface area contributed by atoms with Gasteiger partial charge in [-0.05, 0) is 25.0 Å². The zero-order valence-electron chi connectivity index (χ0n) is 10.7. The largest absolute Gasteiger partial charge is 0.479 e. The van der Waals surface area contributed by atoms with Gasteiger partial charge in [0, 0.05) is 17.8 Å². The number of anilines is 1. The van der Waals surface area contributed by atoms with Crippen LogP contribution < -0.4 is 15.4 Å². The predicted molar refractivity (Wildman–Crippen MR) is 72.0 cm³/mol. The van der Waals surface area contributed by atoms with Crippen molar-refractivity contribution in [2.45, 2.75) is 31.7 Å². The van der Waals surface area contributed by atoms with Crippen molar-refractivity contribution in [2.24, 2.45) is 0 Å². The normalized spacial score (nSPS) is 14.7. The van der Waals surface area contributed by atoms with Crippen LogP contribution in [0.2, 0.25) is 0 Å². The first-order valence-electron chi connectivity index (χ1n) is 6.45. The Balaban J connectivity index is 1.87. The Hall–Kier alpha value is -2.22. The van der Waals surface area contributed by atoms with Gasteiger partial charge in [-0.25, -0.2) is 4.79 Å². The van der Waals surface area contributed by atoms with Gasteiger partial charge in [-0.1, -0.05) is 18.9 Å². The number of carbonyl (C=O) groups excluding carboxylic acids is 1. The first-order chi connectivity index (χ1) is 9.28. The molecule has 2 N–H and O–H groups in total. The molecule has 100 valence electrons. The van der Waals surface area contributed by atoms with Crippen LogP contribution in [0, 0.1) is 11.3 Å². The van der Waals surface area contributed by atoms with Crippen molar-refractivity contribution in [2.75, 3.05) is 11.9 Å². The topological polar surface area (TPSA) is 74.1 Å². The number of rotatable bonds is 4. The number of nitrogens with one attached hydrogen (secondary N) is 2. The average molecular weight is 259 g/mol. The summed E-state index contributed by atoms with van der Waals surface area (Å²) in [5.41, 5.74) is 0.658. The van der Waals surface area contributed by atoms with E-state index in [1.807, 2.05) is 6.07 Å². The molecule has 5 heteroatoms. The molecule has 0 heterocycles. The molecule has 19 heavy (non-hydrogen) atoms. The molecule has 0 radical (unpaired) electrons. The summed E-state index contributed by atoms with van der Waals surface area (Å²) in [6, 6.07) is 9.01. The van der Waals surface area contributed by atoms with E-state index >= 15 is 0 Å². The fourth-order valence-corrected chi connectivity index (χ4v) is 2.20. The predicted octanol–water partition coefficient (Wildman–Crippen LogP) is 2.65. The standard InChI is InChI=1S/C14H17N3O2/c15-8-9-19-13-7-3-6-12(10-13)17-14(18)16-11-4-1-2-5-11/h3,6-7,10-11H,1-2,4-5,9H2,(H2,16,17,18). The van der Waals surface area contributed by atoms with Gasteiger partial charge in [-0.15, -0.1) is 0 Å². The number of hydrogen-bond acceptors (Lipinski definition) is 3. The van der Waals surface area contributed by atoms with E-state index in [1.165, 1.54) is 12.8 Å². The lowest BCUT2D eigenvalue weighted by atomic mass is 10.2. The third kappa shape index (κ3) is 4.18. The molecule has 2 rings (SSSR count). The maximum absolute atomic E-state index is 11.8. The molecule has 1 aliphatic rings. The Morgan fingerprint density at radius 2 is 2.21 bits per heavy atom. The van der Waals surface area contributed by atoms with E-state index in [2.05, 4.69) is 10.6 Å². The van der Waals surface area contributed by atoms with Crippen LogP contribution >= 0.6 is 0 Å². The quantitative estimate of drug-likeness (QED) is 0.873. The van der Waals surface area contributed by atoms with Gasteiger partial charge >= 0.3 is 6.03 Å². The maximum atomic E-state index is 11.8. The van der Waals surface area contributed by atoms with Crippen molar-refractivity contribution in [1.29, 1.82) is 5.26 Å². The molecular formula is C14H17N3O2. The van der Waals surface area contributed by atoms with Gasteiger partial charge in [0.2, 0.25) is 0 Å². The summed E-state index contributed by atoms with van der Waals surface area (Å²) >= 11 is 0. The molecule has 5 nitrogen and oxygen atoms in total. The Labute approximate surface area is 112 Å². The summed E-state index contributed by atoms with van der Waals surface area (Å²) in [6.45, 7) is -0.00226. The second kappa shape index (κ2) is 6.64. The van der Waals surface area contributed by atoms with E-state index in [4.69, 9.17) is 10.00 Å². The number of hydrogen-bond donors (Lipinski definition) is 2. The van der Waals surface area contributed by atoms with Crippen LogP contribution in [0.3, 0.4) is 0 Å². The third-order valence-corrected chi connectivity index (χ3v) is 3.09. The molecule has 0 saturated heterocycles. The molecule has 0 aliphatic heterocycles. The lowest BCUT2D eigenvalue weighted by Gasteiger charge is -2.13. The smallest absolute Gasteiger partial charge is 0.319 e. The first kappa shape index (κ1) is 13.2. The zero-order valence-corrected chi connectivity index (χ0v) is 10.7. The van der Waals surface area contributed by atoms with E-state index in [1.54, 1.807) is 24.3 Å².